The number of aliphatic carboxylic acids is 1. The summed E-state index contributed by atoms with van der Waals surface area (Å²) in [6.45, 7) is 3.12. The van der Waals surface area contributed by atoms with Crippen LogP contribution in [0.2, 0.25) is 0 Å². The maximum Gasteiger partial charge on any atom is 0.573 e. The van der Waals surface area contributed by atoms with Crippen LogP contribution in [0.15, 0.2) is 66.7 Å². The molecule has 1 aliphatic heterocycles. The van der Waals surface area contributed by atoms with Gasteiger partial charge in [-0.15, -0.1) is 13.2 Å². The van der Waals surface area contributed by atoms with E-state index in [1.54, 1.807) is 36.4 Å². The normalized spacial score (nSPS) is 14.3. The van der Waals surface area contributed by atoms with Crippen molar-refractivity contribution in [2.75, 3.05) is 25.0 Å². The molecule has 1 amide bonds. The van der Waals surface area contributed by atoms with Gasteiger partial charge in [0.1, 0.15) is 24.0 Å². The van der Waals surface area contributed by atoms with Crippen molar-refractivity contribution in [3.05, 3.63) is 77.9 Å². The van der Waals surface area contributed by atoms with Crippen molar-refractivity contribution in [2.24, 2.45) is 0 Å². The summed E-state index contributed by atoms with van der Waals surface area (Å²) in [6.07, 6.45) is -4.05. The zero-order valence-corrected chi connectivity index (χ0v) is 22.2. The van der Waals surface area contributed by atoms with E-state index in [0.717, 1.165) is 5.56 Å². The van der Waals surface area contributed by atoms with Gasteiger partial charge in [0, 0.05) is 30.4 Å². The maximum atomic E-state index is 13.3. The molecule has 1 saturated heterocycles. The fourth-order valence-corrected chi connectivity index (χ4v) is 4.76. The molecular formula is C30H29F3N2O6. The Morgan fingerprint density at radius 3 is 2.32 bits per heavy atom. The van der Waals surface area contributed by atoms with E-state index in [4.69, 9.17) is 9.84 Å². The molecule has 216 valence electrons. The molecule has 2 N–H and O–H groups in total. The van der Waals surface area contributed by atoms with Gasteiger partial charge in [0.25, 0.3) is 5.91 Å². The Labute approximate surface area is 234 Å². The summed E-state index contributed by atoms with van der Waals surface area (Å²) in [7, 11) is 0. The highest BCUT2D eigenvalue weighted by molar-refractivity contribution is 6.09. The number of likely N-dealkylation sites (tertiary alicyclic amines) is 1. The van der Waals surface area contributed by atoms with Crippen LogP contribution in [0.1, 0.15) is 35.2 Å². The summed E-state index contributed by atoms with van der Waals surface area (Å²) in [5.41, 5.74) is 2.78. The quantitative estimate of drug-likeness (QED) is 0.301. The summed E-state index contributed by atoms with van der Waals surface area (Å²) >= 11 is 0. The minimum atomic E-state index is -4.80. The van der Waals surface area contributed by atoms with Crippen molar-refractivity contribution in [3.8, 4) is 22.6 Å². The van der Waals surface area contributed by atoms with Crippen LogP contribution >= 0.6 is 0 Å². The van der Waals surface area contributed by atoms with Crippen LogP contribution in [-0.4, -0.2) is 59.8 Å². The summed E-state index contributed by atoms with van der Waals surface area (Å²) < 4.78 is 47.7. The topological polar surface area (TPSA) is 105 Å². The Morgan fingerprint density at radius 2 is 1.66 bits per heavy atom. The number of Topliss-reactive ketones (excluding diaryl/α,β-unsaturated/α-hetero) is 1. The number of alkyl halides is 3. The Bertz CT molecular complexity index is 1400. The second-order valence-electron chi connectivity index (χ2n) is 9.75. The lowest BCUT2D eigenvalue weighted by molar-refractivity contribution is -0.274. The smallest absolute Gasteiger partial charge is 0.490 e. The summed E-state index contributed by atoms with van der Waals surface area (Å²) in [6, 6.07) is 17.5. The third-order valence-corrected chi connectivity index (χ3v) is 6.57. The highest BCUT2D eigenvalue weighted by Crippen LogP contribution is 2.32. The number of halogens is 3. The molecule has 3 aromatic rings. The lowest BCUT2D eigenvalue weighted by Crippen LogP contribution is -2.41. The van der Waals surface area contributed by atoms with Crippen LogP contribution < -0.4 is 14.8 Å². The van der Waals surface area contributed by atoms with Crippen LogP contribution in [0, 0.1) is 6.92 Å². The number of rotatable bonds is 10. The van der Waals surface area contributed by atoms with Gasteiger partial charge in [-0.25, -0.2) is 0 Å². The first-order valence-corrected chi connectivity index (χ1v) is 13.0. The fourth-order valence-electron chi connectivity index (χ4n) is 4.76. The molecule has 0 spiro atoms. The van der Waals surface area contributed by atoms with E-state index in [2.05, 4.69) is 10.1 Å². The number of ketones is 1. The minimum absolute atomic E-state index is 0.0977. The molecule has 0 aliphatic carbocycles. The average Bonchev–Trinajstić information content (AvgIpc) is 2.89. The SMILES string of the molecule is Cc1cccc(C(=O)Nc2cccc(OC3CCN(CC(=O)CC(=O)O)CC3)c2)c1-c1ccc(OC(F)(F)F)cc1. The Kier molecular flexibility index (Phi) is 9.28. The number of piperidine rings is 1. The van der Waals surface area contributed by atoms with E-state index in [-0.39, 0.29) is 24.2 Å². The lowest BCUT2D eigenvalue weighted by atomic mass is 9.94. The Morgan fingerprint density at radius 1 is 0.976 bits per heavy atom. The third-order valence-electron chi connectivity index (χ3n) is 6.57. The standard InChI is InChI=1S/C30H29F3N2O6/c1-19-4-2-7-26(28(19)20-8-10-24(11-9-20)41-30(31,32)33)29(39)34-21-5-3-6-25(16-21)40-23-12-14-35(15-13-23)18-22(36)17-27(37)38/h2-11,16,23H,12-15,17-18H2,1H3,(H,34,39)(H,37,38). The van der Waals surface area contributed by atoms with E-state index in [1.807, 2.05) is 17.9 Å². The number of nitrogens with zero attached hydrogens (tertiary/aromatic N) is 1. The molecule has 4 rings (SSSR count). The minimum Gasteiger partial charge on any atom is -0.490 e. The highest BCUT2D eigenvalue weighted by atomic mass is 19.4. The Balaban J connectivity index is 1.40. The van der Waals surface area contributed by atoms with E-state index in [9.17, 15) is 27.6 Å². The summed E-state index contributed by atoms with van der Waals surface area (Å²) in [5, 5.41) is 11.6. The number of carbonyl (C=O) groups is 3. The van der Waals surface area contributed by atoms with E-state index in [1.165, 1.54) is 24.3 Å². The molecule has 41 heavy (non-hydrogen) atoms. The largest absolute Gasteiger partial charge is 0.573 e. The van der Waals surface area contributed by atoms with Gasteiger partial charge >= 0.3 is 12.3 Å². The van der Waals surface area contributed by atoms with E-state index in [0.29, 0.717) is 54.1 Å². The van der Waals surface area contributed by atoms with Crippen LogP contribution in [0.5, 0.6) is 11.5 Å². The van der Waals surface area contributed by atoms with Gasteiger partial charge in [0.15, 0.2) is 5.78 Å². The number of benzene rings is 3. The summed E-state index contributed by atoms with van der Waals surface area (Å²) in [4.78, 5) is 37.7. The van der Waals surface area contributed by atoms with Crippen molar-refractivity contribution in [2.45, 2.75) is 38.7 Å². The molecule has 3 aromatic carbocycles. The zero-order valence-electron chi connectivity index (χ0n) is 22.2. The lowest BCUT2D eigenvalue weighted by Gasteiger charge is -2.31. The number of anilines is 1. The van der Waals surface area contributed by atoms with E-state index >= 15 is 0 Å². The van der Waals surface area contributed by atoms with Crippen LogP contribution in [0.4, 0.5) is 18.9 Å². The monoisotopic (exact) mass is 570 g/mol. The zero-order chi connectivity index (χ0) is 29.6. The van der Waals surface area contributed by atoms with Crippen molar-refractivity contribution in [3.63, 3.8) is 0 Å². The van der Waals surface area contributed by atoms with Gasteiger partial charge in [-0.3, -0.25) is 19.3 Å². The number of nitrogens with one attached hydrogen (secondary N) is 1. The predicted octanol–water partition coefficient (Wildman–Crippen LogP) is 5.70. The molecule has 1 fully saturated rings. The Hall–Kier alpha value is -4.38. The molecule has 0 aromatic heterocycles. The highest BCUT2D eigenvalue weighted by Gasteiger charge is 2.31. The molecule has 0 saturated carbocycles. The van der Waals surface area contributed by atoms with Gasteiger partial charge in [-0.05, 0) is 66.8 Å². The van der Waals surface area contributed by atoms with Crippen molar-refractivity contribution >= 4 is 23.3 Å². The van der Waals surface area contributed by atoms with Crippen LogP contribution in [-0.2, 0) is 9.59 Å². The number of carboxylic acid groups (broad SMARTS) is 1. The average molecular weight is 571 g/mol. The van der Waals surface area contributed by atoms with Crippen molar-refractivity contribution < 1.29 is 42.1 Å². The second kappa shape index (κ2) is 12.9. The molecular weight excluding hydrogens is 541 g/mol. The molecule has 0 atom stereocenters. The molecule has 8 nitrogen and oxygen atoms in total. The first kappa shape index (κ1) is 29.6. The molecule has 11 heteroatoms. The third kappa shape index (κ3) is 8.55. The fraction of sp³-hybridized carbons (Fsp3) is 0.300. The maximum absolute atomic E-state index is 13.3. The van der Waals surface area contributed by atoms with Crippen molar-refractivity contribution in [1.29, 1.82) is 0 Å². The number of hydrogen-bond acceptors (Lipinski definition) is 6. The molecule has 1 aliphatic rings. The number of aryl methyl sites for hydroxylation is 1. The van der Waals surface area contributed by atoms with Gasteiger partial charge in [0.05, 0.1) is 6.54 Å². The molecule has 0 radical (unpaired) electrons. The van der Waals surface area contributed by atoms with Crippen molar-refractivity contribution in [1.82, 2.24) is 4.90 Å². The van der Waals surface area contributed by atoms with E-state index < -0.39 is 24.7 Å². The number of amides is 1. The number of carbonyl (C=O) groups excluding carboxylic acids is 2. The number of ether oxygens (including phenoxy) is 2. The van der Waals surface area contributed by atoms with Crippen LogP contribution in [0.25, 0.3) is 11.1 Å². The summed E-state index contributed by atoms with van der Waals surface area (Å²) in [5.74, 6) is -1.64. The predicted molar refractivity (Wildman–Crippen MR) is 145 cm³/mol. The molecule has 0 bridgehead atoms. The van der Waals surface area contributed by atoms with Gasteiger partial charge in [-0.2, -0.15) is 0 Å². The molecule has 1 heterocycles. The van der Waals surface area contributed by atoms with Gasteiger partial charge < -0.3 is 19.9 Å². The van der Waals surface area contributed by atoms with Crippen LogP contribution in [0.3, 0.4) is 0 Å². The number of carboxylic acids is 1. The van der Waals surface area contributed by atoms with Gasteiger partial charge in [-0.1, -0.05) is 30.3 Å². The molecule has 0 unspecified atom stereocenters. The first-order valence-electron chi connectivity index (χ1n) is 13.0. The number of hydrogen-bond donors (Lipinski definition) is 2. The second-order valence-corrected chi connectivity index (χ2v) is 9.75. The first-order chi connectivity index (χ1) is 19.5. The van der Waals surface area contributed by atoms with Gasteiger partial charge in [0.2, 0.25) is 0 Å².